The van der Waals surface area contributed by atoms with Crippen LogP contribution in [-0.4, -0.2) is 65.8 Å². The van der Waals surface area contributed by atoms with E-state index in [0.717, 1.165) is 92.8 Å². The third-order valence-corrected chi connectivity index (χ3v) is 9.12. The zero-order valence-electron chi connectivity index (χ0n) is 22.5. The monoisotopic (exact) mass is 535 g/mol. The van der Waals surface area contributed by atoms with Crippen molar-refractivity contribution in [2.75, 3.05) is 39.3 Å². The number of unbranched alkanes of at least 4 members (excludes halogenated alkanes) is 1. The highest BCUT2D eigenvalue weighted by Gasteiger charge is 2.58. The van der Waals surface area contributed by atoms with Crippen molar-refractivity contribution in [3.05, 3.63) is 59.1 Å². The lowest BCUT2D eigenvalue weighted by molar-refractivity contribution is -0.961. The molecule has 2 aliphatic heterocycles. The summed E-state index contributed by atoms with van der Waals surface area (Å²) in [6.07, 6.45) is 7.90. The second kappa shape index (κ2) is 11.0. The maximum absolute atomic E-state index is 14.7. The molecule has 7 heteroatoms. The summed E-state index contributed by atoms with van der Waals surface area (Å²) in [5, 5.41) is 7.63. The van der Waals surface area contributed by atoms with E-state index in [0.29, 0.717) is 9.61 Å². The van der Waals surface area contributed by atoms with Gasteiger partial charge < -0.3 is 9.73 Å². The number of furan rings is 1. The summed E-state index contributed by atoms with van der Waals surface area (Å²) in [5.41, 5.74) is 2.97. The third kappa shape index (κ3) is 4.66. The van der Waals surface area contributed by atoms with Crippen LogP contribution in [0.4, 0.5) is 4.79 Å². The van der Waals surface area contributed by atoms with E-state index in [1.54, 1.807) is 0 Å². The highest BCUT2D eigenvalue weighted by molar-refractivity contribution is 6.31. The average molecular weight is 536 g/mol. The number of amides is 2. The molecular formula is C31H40ClN4O2+. The van der Waals surface area contributed by atoms with E-state index in [1.165, 1.54) is 19.3 Å². The summed E-state index contributed by atoms with van der Waals surface area (Å²) in [6.45, 7) is 7.45. The van der Waals surface area contributed by atoms with Gasteiger partial charge in [-0.1, -0.05) is 74.5 Å². The number of piperazine rings is 1. The van der Waals surface area contributed by atoms with Gasteiger partial charge in [0.05, 0.1) is 13.1 Å². The molecule has 1 aromatic heterocycles. The van der Waals surface area contributed by atoms with Gasteiger partial charge in [-0.2, -0.15) is 4.59 Å². The molecule has 38 heavy (non-hydrogen) atoms. The summed E-state index contributed by atoms with van der Waals surface area (Å²) in [4.78, 5) is 17.0. The molecule has 202 valence electrons. The van der Waals surface area contributed by atoms with Gasteiger partial charge in [0, 0.05) is 40.7 Å². The highest BCUT2D eigenvalue weighted by Crippen LogP contribution is 2.45. The number of carbonyl (C=O) groups is 1. The van der Waals surface area contributed by atoms with E-state index in [9.17, 15) is 4.79 Å². The molecule has 1 aliphatic carbocycles. The van der Waals surface area contributed by atoms with Gasteiger partial charge in [-0.15, -0.1) is 5.01 Å². The number of benzene rings is 2. The molecule has 3 heterocycles. The molecular weight excluding hydrogens is 496 g/mol. The molecule has 2 atom stereocenters. The summed E-state index contributed by atoms with van der Waals surface area (Å²) in [6, 6.07) is 16.9. The van der Waals surface area contributed by atoms with Crippen molar-refractivity contribution < 1.29 is 13.8 Å². The number of fused-ring (bicyclic) bond motifs is 1. The van der Waals surface area contributed by atoms with Gasteiger partial charge in [0.1, 0.15) is 30.5 Å². The Balaban J connectivity index is 1.48. The maximum atomic E-state index is 14.7. The summed E-state index contributed by atoms with van der Waals surface area (Å²) in [7, 11) is 0. The van der Waals surface area contributed by atoms with Crippen LogP contribution in [0, 0.1) is 0 Å². The van der Waals surface area contributed by atoms with Crippen LogP contribution in [0.25, 0.3) is 22.3 Å². The number of rotatable bonds is 7. The van der Waals surface area contributed by atoms with E-state index < -0.39 is 0 Å². The maximum Gasteiger partial charge on any atom is 0.439 e. The first-order valence-corrected chi connectivity index (χ1v) is 14.9. The number of urea groups is 1. The lowest BCUT2D eigenvalue weighted by atomic mass is 9.92. The predicted octanol–water partition coefficient (Wildman–Crippen LogP) is 7.00. The fraction of sp³-hybridized carbons (Fsp3) is 0.516. The fourth-order valence-corrected chi connectivity index (χ4v) is 7.21. The highest BCUT2D eigenvalue weighted by atomic mass is 35.5. The standard InChI is InChI=1S/C31H40ClN4O2/c1-2-3-18-36(34-16-14-33-15-17-34)22-28(35(31(36)37)26-12-8-5-9-13-26)27-21-25(32)19-24-20-29(38-30(24)27)23-10-6-4-7-11-23/h4,6-7,10-11,19-21,26,28,33H,2-3,5,8-9,12-18,22H2,1H3/q+1. The zero-order chi connectivity index (χ0) is 26.1. The first-order valence-electron chi connectivity index (χ1n) is 14.6. The van der Waals surface area contributed by atoms with Gasteiger partial charge in [0.25, 0.3) is 0 Å². The number of hydrogen-bond acceptors (Lipinski definition) is 4. The molecule has 2 unspecified atom stereocenters. The second-order valence-electron chi connectivity index (χ2n) is 11.3. The first-order chi connectivity index (χ1) is 18.6. The Labute approximate surface area is 231 Å². The number of halogens is 1. The van der Waals surface area contributed by atoms with Crippen LogP contribution in [0.15, 0.2) is 52.9 Å². The Bertz CT molecular complexity index is 1270. The molecule has 0 spiro atoms. The van der Waals surface area contributed by atoms with Crippen molar-refractivity contribution in [2.45, 2.75) is 64.0 Å². The van der Waals surface area contributed by atoms with E-state index in [1.807, 2.05) is 24.3 Å². The molecule has 6 nitrogen and oxygen atoms in total. The largest absolute Gasteiger partial charge is 0.456 e. The number of quaternary nitrogens is 1. The van der Waals surface area contributed by atoms with Crippen LogP contribution in [0.3, 0.4) is 0 Å². The molecule has 1 N–H and O–H groups in total. The van der Waals surface area contributed by atoms with Crippen molar-refractivity contribution in [1.82, 2.24) is 15.2 Å². The topological polar surface area (TPSA) is 48.7 Å². The van der Waals surface area contributed by atoms with Gasteiger partial charge in [-0.3, -0.25) is 4.90 Å². The van der Waals surface area contributed by atoms with Crippen molar-refractivity contribution in [3.63, 3.8) is 0 Å². The second-order valence-corrected chi connectivity index (χ2v) is 11.7. The Kier molecular flexibility index (Phi) is 7.50. The minimum absolute atomic E-state index is 0.0617. The minimum Gasteiger partial charge on any atom is -0.456 e. The third-order valence-electron chi connectivity index (χ3n) is 8.90. The summed E-state index contributed by atoms with van der Waals surface area (Å²) < 4.78 is 7.02. The van der Waals surface area contributed by atoms with Crippen LogP contribution >= 0.6 is 11.6 Å². The molecule has 2 saturated heterocycles. The Hall–Kier alpha value is -2.38. The first kappa shape index (κ1) is 25.9. The quantitative estimate of drug-likeness (QED) is 0.331. The number of nitrogens with one attached hydrogen (secondary N) is 1. The molecule has 2 amide bonds. The van der Waals surface area contributed by atoms with Gasteiger partial charge >= 0.3 is 6.03 Å². The number of carbonyl (C=O) groups excluding carboxylic acids is 1. The zero-order valence-corrected chi connectivity index (χ0v) is 23.3. The molecule has 3 aliphatic rings. The Morgan fingerprint density at radius 2 is 1.82 bits per heavy atom. The van der Waals surface area contributed by atoms with Gasteiger partial charge in [-0.05, 0) is 37.5 Å². The smallest absolute Gasteiger partial charge is 0.439 e. The van der Waals surface area contributed by atoms with Gasteiger partial charge in [0.2, 0.25) is 0 Å². The van der Waals surface area contributed by atoms with Gasteiger partial charge in [0.15, 0.2) is 0 Å². The van der Waals surface area contributed by atoms with Crippen molar-refractivity contribution in [2.24, 2.45) is 0 Å². The Morgan fingerprint density at radius 3 is 2.55 bits per heavy atom. The van der Waals surface area contributed by atoms with Crippen LogP contribution in [0.5, 0.6) is 0 Å². The Morgan fingerprint density at radius 1 is 1.05 bits per heavy atom. The fourth-order valence-electron chi connectivity index (χ4n) is 6.97. The summed E-state index contributed by atoms with van der Waals surface area (Å²) >= 11 is 6.76. The van der Waals surface area contributed by atoms with Crippen LogP contribution < -0.4 is 5.32 Å². The van der Waals surface area contributed by atoms with Gasteiger partial charge in [-0.25, -0.2) is 4.79 Å². The molecule has 3 fully saturated rings. The van der Waals surface area contributed by atoms with E-state index in [2.05, 4.69) is 46.4 Å². The molecule has 0 radical (unpaired) electrons. The molecule has 1 saturated carbocycles. The van der Waals surface area contributed by atoms with Crippen molar-refractivity contribution in [1.29, 1.82) is 0 Å². The van der Waals surface area contributed by atoms with Crippen LogP contribution in [0.1, 0.15) is 63.5 Å². The van der Waals surface area contributed by atoms with E-state index in [4.69, 9.17) is 16.0 Å². The number of hydrogen-bond donors (Lipinski definition) is 1. The average Bonchev–Trinajstić information content (AvgIpc) is 3.52. The molecule has 3 aromatic rings. The lowest BCUT2D eigenvalue weighted by Crippen LogP contribution is -2.66. The molecule has 2 aromatic carbocycles. The van der Waals surface area contributed by atoms with Crippen molar-refractivity contribution >= 4 is 28.6 Å². The molecule has 0 bridgehead atoms. The lowest BCUT2D eigenvalue weighted by Gasteiger charge is -2.42. The van der Waals surface area contributed by atoms with E-state index in [-0.39, 0.29) is 18.1 Å². The van der Waals surface area contributed by atoms with E-state index >= 15 is 0 Å². The molecule has 6 rings (SSSR count). The van der Waals surface area contributed by atoms with Crippen molar-refractivity contribution in [3.8, 4) is 11.3 Å². The SMILES string of the molecule is CCCC[N+]1(N2CCNCC2)CC(c2cc(Cl)cc3cc(-c4ccccc4)oc23)N(C2CCCCC2)C1=O. The van der Waals surface area contributed by atoms with Crippen LogP contribution in [0.2, 0.25) is 5.02 Å². The normalized spacial score (nSPS) is 25.5. The number of nitrogens with zero attached hydrogens (tertiary/aromatic N) is 3. The summed E-state index contributed by atoms with van der Waals surface area (Å²) in [5.74, 6) is 0.839. The minimum atomic E-state index is -0.0617. The van der Waals surface area contributed by atoms with Crippen LogP contribution in [-0.2, 0) is 0 Å². The predicted molar refractivity (Wildman–Crippen MR) is 153 cm³/mol.